The summed E-state index contributed by atoms with van der Waals surface area (Å²) in [6.45, 7) is 8.04. The van der Waals surface area contributed by atoms with E-state index in [9.17, 15) is 14.7 Å². The number of urea groups is 1. The molecule has 2 N–H and O–H groups in total. The van der Waals surface area contributed by atoms with Gasteiger partial charge in [0.2, 0.25) is 5.88 Å². The minimum Gasteiger partial charge on any atom is -0.472 e. The van der Waals surface area contributed by atoms with Gasteiger partial charge in [0.15, 0.2) is 0 Å². The molecule has 35 heavy (non-hydrogen) atoms. The van der Waals surface area contributed by atoms with Gasteiger partial charge in [0.25, 0.3) is 5.91 Å². The molecule has 2 aromatic rings. The predicted octanol–water partition coefficient (Wildman–Crippen LogP) is 2.15. The van der Waals surface area contributed by atoms with Crippen molar-refractivity contribution in [2.45, 2.75) is 45.9 Å². The number of nitrogens with zero attached hydrogens (tertiary/aromatic N) is 4. The van der Waals surface area contributed by atoms with Gasteiger partial charge in [0, 0.05) is 55.3 Å². The molecule has 0 bridgehead atoms. The highest BCUT2D eigenvalue weighted by Crippen LogP contribution is 2.27. The van der Waals surface area contributed by atoms with E-state index >= 15 is 0 Å². The van der Waals surface area contributed by atoms with Crippen molar-refractivity contribution in [2.75, 3.05) is 26.7 Å². The van der Waals surface area contributed by atoms with Crippen LogP contribution in [0.25, 0.3) is 0 Å². The van der Waals surface area contributed by atoms with Crippen LogP contribution in [-0.4, -0.2) is 81.7 Å². The third-order valence-corrected chi connectivity index (χ3v) is 5.77. The summed E-state index contributed by atoms with van der Waals surface area (Å²) in [7, 11) is 1.71. The minimum atomic E-state index is -0.417. The van der Waals surface area contributed by atoms with Gasteiger partial charge in [-0.05, 0) is 39.0 Å². The zero-order valence-corrected chi connectivity index (χ0v) is 20.9. The van der Waals surface area contributed by atoms with Crippen LogP contribution in [0.4, 0.5) is 4.79 Å². The Bertz CT molecular complexity index is 1100. The standard InChI is InChI=1S/C26H33N5O4/c1-17(2)29-26(34)30(5)15-23-18(3)14-31(19(4)16-32)25(33)22-12-21(13-28-24(22)35-23)7-6-20-8-10-27-11-9-20/h8-13,17-19,23,32H,14-16H2,1-5H3,(H,29,34)/t18-,19-,23+/m0/s1. The summed E-state index contributed by atoms with van der Waals surface area (Å²) in [5.74, 6) is 5.86. The Morgan fingerprint density at radius 3 is 2.63 bits per heavy atom. The van der Waals surface area contributed by atoms with E-state index in [0.717, 1.165) is 5.56 Å². The summed E-state index contributed by atoms with van der Waals surface area (Å²) in [6, 6.07) is 4.66. The fourth-order valence-corrected chi connectivity index (χ4v) is 3.68. The van der Waals surface area contributed by atoms with Gasteiger partial charge >= 0.3 is 6.03 Å². The van der Waals surface area contributed by atoms with Gasteiger partial charge < -0.3 is 25.0 Å². The van der Waals surface area contributed by atoms with Crippen LogP contribution in [0.3, 0.4) is 0 Å². The summed E-state index contributed by atoms with van der Waals surface area (Å²) in [5.41, 5.74) is 1.63. The molecule has 1 aliphatic heterocycles. The number of hydrogen-bond acceptors (Lipinski definition) is 6. The average Bonchev–Trinajstić information content (AvgIpc) is 2.84. The molecule has 3 amide bonds. The number of aliphatic hydroxyl groups excluding tert-OH is 1. The molecule has 0 fully saturated rings. The van der Waals surface area contributed by atoms with Crippen LogP contribution in [0, 0.1) is 17.8 Å². The Kier molecular flexibility index (Phi) is 8.66. The molecule has 0 unspecified atom stereocenters. The van der Waals surface area contributed by atoms with Crippen molar-refractivity contribution in [3.8, 4) is 17.7 Å². The van der Waals surface area contributed by atoms with Crippen molar-refractivity contribution in [1.82, 2.24) is 25.1 Å². The van der Waals surface area contributed by atoms with E-state index in [1.807, 2.05) is 20.8 Å². The Labute approximate surface area is 206 Å². The first kappa shape index (κ1) is 26.0. The van der Waals surface area contributed by atoms with Crippen molar-refractivity contribution in [3.63, 3.8) is 0 Å². The van der Waals surface area contributed by atoms with E-state index in [2.05, 4.69) is 27.1 Å². The van der Waals surface area contributed by atoms with Gasteiger partial charge in [-0.15, -0.1) is 0 Å². The molecule has 3 heterocycles. The average molecular weight is 480 g/mol. The second-order valence-corrected chi connectivity index (χ2v) is 9.17. The van der Waals surface area contributed by atoms with Crippen LogP contribution >= 0.6 is 0 Å². The van der Waals surface area contributed by atoms with E-state index < -0.39 is 12.1 Å². The normalized spacial score (nSPS) is 18.4. The van der Waals surface area contributed by atoms with Crippen molar-refractivity contribution in [2.24, 2.45) is 5.92 Å². The molecule has 186 valence electrons. The highest BCUT2D eigenvalue weighted by molar-refractivity contribution is 5.97. The van der Waals surface area contributed by atoms with E-state index in [4.69, 9.17) is 4.74 Å². The van der Waals surface area contributed by atoms with Crippen LogP contribution in [0.5, 0.6) is 5.88 Å². The lowest BCUT2D eigenvalue weighted by Gasteiger charge is -2.37. The van der Waals surface area contributed by atoms with Gasteiger partial charge in [-0.25, -0.2) is 9.78 Å². The number of nitrogens with one attached hydrogen (secondary N) is 1. The van der Waals surface area contributed by atoms with Crippen molar-refractivity contribution in [1.29, 1.82) is 0 Å². The zero-order valence-electron chi connectivity index (χ0n) is 20.9. The number of aromatic nitrogens is 2. The fraction of sp³-hybridized carbons (Fsp3) is 0.462. The van der Waals surface area contributed by atoms with Gasteiger partial charge in [0.05, 0.1) is 19.2 Å². The maximum Gasteiger partial charge on any atom is 0.317 e. The second kappa shape index (κ2) is 11.7. The number of ether oxygens (including phenoxy) is 1. The molecule has 1 aliphatic rings. The Balaban J connectivity index is 1.95. The molecule has 0 saturated carbocycles. The van der Waals surface area contributed by atoms with Gasteiger partial charge in [0.1, 0.15) is 11.7 Å². The maximum atomic E-state index is 13.5. The van der Waals surface area contributed by atoms with Crippen molar-refractivity contribution >= 4 is 11.9 Å². The number of carbonyl (C=O) groups is 2. The van der Waals surface area contributed by atoms with Crippen LogP contribution in [-0.2, 0) is 0 Å². The smallest absolute Gasteiger partial charge is 0.317 e. The lowest BCUT2D eigenvalue weighted by Crippen LogP contribution is -2.51. The molecule has 9 heteroatoms. The molecule has 2 aromatic heterocycles. The largest absolute Gasteiger partial charge is 0.472 e. The number of amides is 3. The molecule has 0 aromatic carbocycles. The summed E-state index contributed by atoms with van der Waals surface area (Å²) < 4.78 is 6.23. The number of carbonyl (C=O) groups excluding carboxylic acids is 2. The molecular formula is C26H33N5O4. The summed E-state index contributed by atoms with van der Waals surface area (Å²) >= 11 is 0. The first-order valence-corrected chi connectivity index (χ1v) is 11.7. The van der Waals surface area contributed by atoms with E-state index in [1.165, 1.54) is 0 Å². The summed E-state index contributed by atoms with van der Waals surface area (Å²) in [5, 5.41) is 12.7. The van der Waals surface area contributed by atoms with Crippen LogP contribution in [0.15, 0.2) is 36.8 Å². The number of aliphatic hydroxyl groups is 1. The topological polar surface area (TPSA) is 108 Å². The molecule has 0 aliphatic carbocycles. The Hall–Kier alpha value is -3.64. The molecular weight excluding hydrogens is 446 g/mol. The van der Waals surface area contributed by atoms with Crippen LogP contribution < -0.4 is 10.1 Å². The fourth-order valence-electron chi connectivity index (χ4n) is 3.68. The first-order valence-electron chi connectivity index (χ1n) is 11.7. The van der Waals surface area contributed by atoms with Gasteiger partial charge in [-0.2, -0.15) is 0 Å². The molecule has 0 spiro atoms. The summed E-state index contributed by atoms with van der Waals surface area (Å²) in [4.78, 5) is 37.6. The number of pyridine rings is 2. The SMILES string of the molecule is CC(C)NC(=O)N(C)C[C@H]1Oc2ncc(C#Cc3ccncc3)cc2C(=O)N([C@@H](C)CO)C[C@@H]1C. The molecule has 9 nitrogen and oxygen atoms in total. The third kappa shape index (κ3) is 6.70. The number of fused-ring (bicyclic) bond motifs is 1. The van der Waals surface area contributed by atoms with E-state index in [1.54, 1.807) is 60.6 Å². The second-order valence-electron chi connectivity index (χ2n) is 9.17. The number of likely N-dealkylation sites (N-methyl/N-ethyl adjacent to an activating group) is 1. The molecule has 3 rings (SSSR count). The number of rotatable bonds is 5. The van der Waals surface area contributed by atoms with Crippen molar-refractivity contribution in [3.05, 3.63) is 53.5 Å². The maximum absolute atomic E-state index is 13.5. The lowest BCUT2D eigenvalue weighted by atomic mass is 10.00. The third-order valence-electron chi connectivity index (χ3n) is 5.77. The van der Waals surface area contributed by atoms with Gasteiger partial charge in [-0.1, -0.05) is 18.8 Å². The van der Waals surface area contributed by atoms with Crippen LogP contribution in [0.1, 0.15) is 49.2 Å². The monoisotopic (exact) mass is 479 g/mol. The highest BCUT2D eigenvalue weighted by Gasteiger charge is 2.34. The van der Waals surface area contributed by atoms with E-state index in [0.29, 0.717) is 18.7 Å². The molecule has 0 saturated heterocycles. The zero-order chi connectivity index (χ0) is 25.5. The van der Waals surface area contributed by atoms with E-state index in [-0.39, 0.29) is 41.9 Å². The first-order chi connectivity index (χ1) is 16.7. The number of hydrogen-bond donors (Lipinski definition) is 2. The Morgan fingerprint density at radius 2 is 1.97 bits per heavy atom. The highest BCUT2D eigenvalue weighted by atomic mass is 16.5. The Morgan fingerprint density at radius 1 is 1.29 bits per heavy atom. The minimum absolute atomic E-state index is 0.00761. The quantitative estimate of drug-likeness (QED) is 0.637. The molecule has 3 atom stereocenters. The summed E-state index contributed by atoms with van der Waals surface area (Å²) in [6.07, 6.45) is 4.47. The molecule has 0 radical (unpaired) electrons. The van der Waals surface area contributed by atoms with Crippen molar-refractivity contribution < 1.29 is 19.4 Å². The van der Waals surface area contributed by atoms with Gasteiger partial charge in [-0.3, -0.25) is 9.78 Å². The van der Waals surface area contributed by atoms with Crippen LogP contribution in [0.2, 0.25) is 0 Å². The predicted molar refractivity (Wildman–Crippen MR) is 132 cm³/mol. The lowest BCUT2D eigenvalue weighted by molar-refractivity contribution is 0.0351.